The van der Waals surface area contributed by atoms with E-state index in [0.29, 0.717) is 5.56 Å². The molecule has 0 aliphatic rings. The zero-order valence-corrected chi connectivity index (χ0v) is 8.71. The number of rotatable bonds is 2. The van der Waals surface area contributed by atoms with E-state index in [1.165, 1.54) is 24.4 Å². The van der Waals surface area contributed by atoms with Crippen molar-refractivity contribution in [3.63, 3.8) is 0 Å². The minimum atomic E-state index is -0.983. The molecule has 0 saturated heterocycles. The number of pyridine rings is 1. The van der Waals surface area contributed by atoms with Crippen LogP contribution in [0.1, 0.15) is 5.56 Å². The van der Waals surface area contributed by atoms with Crippen molar-refractivity contribution in [3.8, 4) is 11.1 Å². The molecule has 0 aliphatic heterocycles. The van der Waals surface area contributed by atoms with E-state index in [4.69, 9.17) is 5.11 Å². The molecule has 1 heterocycles. The van der Waals surface area contributed by atoms with E-state index in [1.807, 2.05) is 0 Å². The molecular weight excluding hydrogens is 228 g/mol. The Morgan fingerprint density at radius 3 is 2.76 bits per heavy atom. The monoisotopic (exact) mass is 237 g/mol. The number of nitrogens with one attached hydrogen (secondary N) is 1. The van der Waals surface area contributed by atoms with Gasteiger partial charge in [0, 0.05) is 22.9 Å². The maximum absolute atomic E-state index is 13.5. The summed E-state index contributed by atoms with van der Waals surface area (Å²) in [6.07, 6.45) is 1.28. The highest BCUT2D eigenvalue weighted by Gasteiger charge is 2.11. The molecule has 2 aromatic rings. The van der Waals surface area contributed by atoms with Gasteiger partial charge in [0.25, 0.3) is 5.56 Å². The lowest BCUT2D eigenvalue weighted by molar-refractivity contribution is 0.280. The number of benzene rings is 1. The minimum Gasteiger partial charge on any atom is -0.391 e. The predicted molar refractivity (Wildman–Crippen MR) is 58.3 cm³/mol. The molecule has 0 amide bonds. The first-order chi connectivity index (χ1) is 8.13. The van der Waals surface area contributed by atoms with Crippen LogP contribution in [0.25, 0.3) is 11.1 Å². The van der Waals surface area contributed by atoms with Crippen LogP contribution < -0.4 is 5.56 Å². The van der Waals surface area contributed by atoms with Gasteiger partial charge in [-0.2, -0.15) is 0 Å². The number of halogens is 2. The van der Waals surface area contributed by atoms with Gasteiger partial charge in [-0.25, -0.2) is 8.78 Å². The second kappa shape index (κ2) is 4.47. The minimum absolute atomic E-state index is 0.0379. The first kappa shape index (κ1) is 11.5. The lowest BCUT2D eigenvalue weighted by Gasteiger charge is -2.05. The topological polar surface area (TPSA) is 53.1 Å². The highest BCUT2D eigenvalue weighted by Crippen LogP contribution is 2.23. The molecule has 3 nitrogen and oxygen atoms in total. The van der Waals surface area contributed by atoms with E-state index in [-0.39, 0.29) is 11.1 Å². The van der Waals surface area contributed by atoms with Gasteiger partial charge in [-0.1, -0.05) is 12.1 Å². The smallest absolute Gasteiger partial charge is 0.253 e. The molecule has 0 aliphatic carbocycles. The number of hydrogen-bond donors (Lipinski definition) is 2. The van der Waals surface area contributed by atoms with Crippen LogP contribution in [0.2, 0.25) is 0 Å². The molecule has 0 radical (unpaired) electrons. The van der Waals surface area contributed by atoms with E-state index in [9.17, 15) is 13.6 Å². The molecule has 2 N–H and O–H groups in total. The van der Waals surface area contributed by atoms with Gasteiger partial charge in [-0.3, -0.25) is 4.79 Å². The Labute approximate surface area is 95.4 Å². The number of H-pyrrole nitrogens is 1. The highest BCUT2D eigenvalue weighted by atomic mass is 19.2. The molecule has 5 heteroatoms. The van der Waals surface area contributed by atoms with Crippen LogP contribution >= 0.6 is 0 Å². The van der Waals surface area contributed by atoms with Crippen LogP contribution in [0, 0.1) is 11.6 Å². The largest absolute Gasteiger partial charge is 0.391 e. The van der Waals surface area contributed by atoms with Gasteiger partial charge in [-0.15, -0.1) is 0 Å². The van der Waals surface area contributed by atoms with Gasteiger partial charge in [0.05, 0.1) is 6.61 Å². The van der Waals surface area contributed by atoms with Crippen LogP contribution in [0.4, 0.5) is 8.78 Å². The van der Waals surface area contributed by atoms with Crippen LogP contribution in [-0.4, -0.2) is 10.1 Å². The average molecular weight is 237 g/mol. The third-order valence-electron chi connectivity index (χ3n) is 2.41. The van der Waals surface area contributed by atoms with Gasteiger partial charge in [0.1, 0.15) is 0 Å². The molecule has 0 unspecified atom stereocenters. The van der Waals surface area contributed by atoms with Crippen LogP contribution in [0.5, 0.6) is 0 Å². The van der Waals surface area contributed by atoms with E-state index in [2.05, 4.69) is 4.98 Å². The number of aromatic nitrogens is 1. The molecule has 0 saturated carbocycles. The predicted octanol–water partition coefficient (Wildman–Crippen LogP) is 1.81. The quantitative estimate of drug-likeness (QED) is 0.837. The molecule has 17 heavy (non-hydrogen) atoms. The standard InChI is InChI=1S/C12H9F2NO2/c13-10-3-1-2-9(11(10)14)7-4-8(6-16)12(17)15-5-7/h1-5,16H,6H2,(H,15,17). The Bertz CT molecular complexity index is 608. The molecule has 88 valence electrons. The normalized spacial score (nSPS) is 10.5. The summed E-state index contributed by atoms with van der Waals surface area (Å²) < 4.78 is 26.5. The zero-order valence-electron chi connectivity index (χ0n) is 8.71. The fraction of sp³-hybridized carbons (Fsp3) is 0.0833. The summed E-state index contributed by atoms with van der Waals surface area (Å²) in [7, 11) is 0. The zero-order chi connectivity index (χ0) is 12.4. The summed E-state index contributed by atoms with van der Waals surface area (Å²) in [5, 5.41) is 8.93. The van der Waals surface area contributed by atoms with E-state index in [1.54, 1.807) is 0 Å². The molecule has 0 fully saturated rings. The molecule has 1 aromatic heterocycles. The number of aromatic amines is 1. The maximum atomic E-state index is 13.5. The maximum Gasteiger partial charge on any atom is 0.253 e. The molecule has 1 aromatic carbocycles. The third-order valence-corrected chi connectivity index (χ3v) is 2.41. The van der Waals surface area contributed by atoms with Crippen LogP contribution in [-0.2, 0) is 6.61 Å². The Hall–Kier alpha value is -2.01. The van der Waals surface area contributed by atoms with Gasteiger partial charge in [0.2, 0.25) is 0 Å². The molecule has 2 rings (SSSR count). The van der Waals surface area contributed by atoms with E-state index in [0.717, 1.165) is 6.07 Å². The number of aliphatic hydroxyl groups is 1. The summed E-state index contributed by atoms with van der Waals surface area (Å²) in [6.45, 7) is -0.458. The lowest BCUT2D eigenvalue weighted by atomic mass is 10.1. The van der Waals surface area contributed by atoms with Crippen LogP contribution in [0.3, 0.4) is 0 Å². The molecule has 0 bridgehead atoms. The van der Waals surface area contributed by atoms with E-state index < -0.39 is 23.8 Å². The molecule has 0 spiro atoms. The Morgan fingerprint density at radius 1 is 1.29 bits per heavy atom. The van der Waals surface area contributed by atoms with Crippen molar-refractivity contribution in [2.45, 2.75) is 6.61 Å². The van der Waals surface area contributed by atoms with E-state index >= 15 is 0 Å². The molecular formula is C12H9F2NO2. The van der Waals surface area contributed by atoms with Gasteiger partial charge >= 0.3 is 0 Å². The van der Waals surface area contributed by atoms with Crippen molar-refractivity contribution in [2.24, 2.45) is 0 Å². The summed E-state index contributed by atoms with van der Waals surface area (Å²) in [5.41, 5.74) is 0.000762. The van der Waals surface area contributed by atoms with Crippen molar-refractivity contribution in [2.75, 3.05) is 0 Å². The first-order valence-corrected chi connectivity index (χ1v) is 4.90. The van der Waals surface area contributed by atoms with Crippen molar-refractivity contribution in [1.29, 1.82) is 0 Å². The fourth-order valence-corrected chi connectivity index (χ4v) is 1.53. The third kappa shape index (κ3) is 2.09. The SMILES string of the molecule is O=c1[nH]cc(-c2cccc(F)c2F)cc1CO. The summed E-state index contributed by atoms with van der Waals surface area (Å²) in [4.78, 5) is 13.6. The van der Waals surface area contributed by atoms with Gasteiger partial charge in [0.15, 0.2) is 11.6 Å². The lowest BCUT2D eigenvalue weighted by Crippen LogP contribution is -2.11. The summed E-state index contributed by atoms with van der Waals surface area (Å²) >= 11 is 0. The van der Waals surface area contributed by atoms with Gasteiger partial charge in [-0.05, 0) is 12.1 Å². The van der Waals surface area contributed by atoms with Crippen molar-refractivity contribution in [3.05, 3.63) is 58.0 Å². The molecule has 0 atom stereocenters. The second-order valence-corrected chi connectivity index (χ2v) is 3.50. The first-order valence-electron chi connectivity index (χ1n) is 4.90. The highest BCUT2D eigenvalue weighted by molar-refractivity contribution is 5.63. The van der Waals surface area contributed by atoms with Crippen molar-refractivity contribution in [1.82, 2.24) is 4.98 Å². The van der Waals surface area contributed by atoms with Crippen molar-refractivity contribution >= 4 is 0 Å². The van der Waals surface area contributed by atoms with Gasteiger partial charge < -0.3 is 10.1 Å². The van der Waals surface area contributed by atoms with Crippen molar-refractivity contribution < 1.29 is 13.9 Å². The number of aliphatic hydroxyl groups excluding tert-OH is 1. The number of hydrogen-bond acceptors (Lipinski definition) is 2. The Balaban J connectivity index is 2.61. The van der Waals surface area contributed by atoms with Crippen LogP contribution in [0.15, 0.2) is 35.3 Å². The summed E-state index contributed by atoms with van der Waals surface area (Å²) in [6, 6.07) is 5.11. The second-order valence-electron chi connectivity index (χ2n) is 3.50. The fourth-order valence-electron chi connectivity index (χ4n) is 1.53. The average Bonchev–Trinajstić information content (AvgIpc) is 2.34. The Morgan fingerprint density at radius 2 is 2.06 bits per heavy atom. The summed E-state index contributed by atoms with van der Waals surface area (Å²) in [5.74, 6) is -1.94. The Kier molecular flexibility index (Phi) is 3.01.